The van der Waals surface area contributed by atoms with Crippen molar-refractivity contribution < 1.29 is 26.8 Å². The molecule has 135 valence electrons. The summed E-state index contributed by atoms with van der Waals surface area (Å²) in [4.78, 5) is 14.9. The molecule has 0 saturated heterocycles. The van der Waals surface area contributed by atoms with Crippen molar-refractivity contribution in [1.29, 1.82) is 0 Å². The first-order valence-electron chi connectivity index (χ1n) is 7.41. The Kier molecular flexibility index (Phi) is 5.98. The van der Waals surface area contributed by atoms with Crippen molar-refractivity contribution in [2.24, 2.45) is 0 Å². The number of rotatable bonds is 5. The number of carbonyl (C=O) groups excluding carboxylic acids is 1. The zero-order chi connectivity index (χ0) is 18.9. The summed E-state index contributed by atoms with van der Waals surface area (Å²) in [5.74, 6) is -1.89. The number of carbonyl (C=O) groups is 1. The molecule has 0 saturated carbocycles. The molecule has 0 amide bonds. The molecular formula is C16H22F4NO2Si. The second kappa shape index (κ2) is 6.91. The topological polar surface area (TPSA) is 39.2 Å². The number of aromatic nitrogens is 1. The van der Waals surface area contributed by atoms with Gasteiger partial charge < -0.3 is 4.43 Å². The van der Waals surface area contributed by atoms with Crippen LogP contribution in [0.15, 0.2) is 12.3 Å². The van der Waals surface area contributed by atoms with Gasteiger partial charge >= 0.3 is 6.18 Å². The van der Waals surface area contributed by atoms with E-state index in [0.717, 1.165) is 12.3 Å². The van der Waals surface area contributed by atoms with Crippen molar-refractivity contribution in [3.63, 3.8) is 0 Å². The van der Waals surface area contributed by atoms with Crippen LogP contribution in [0.5, 0.6) is 0 Å². The van der Waals surface area contributed by atoms with Gasteiger partial charge in [0.05, 0.1) is 11.3 Å². The Morgan fingerprint density at radius 3 is 2.29 bits per heavy atom. The highest BCUT2D eigenvalue weighted by Gasteiger charge is 2.48. The van der Waals surface area contributed by atoms with Crippen LogP contribution in [0.2, 0.25) is 18.1 Å². The number of alkyl halides is 3. The molecule has 1 aromatic rings. The van der Waals surface area contributed by atoms with E-state index in [1.54, 1.807) is 13.1 Å². The minimum atomic E-state index is -4.67. The van der Waals surface area contributed by atoms with Gasteiger partial charge in [0.25, 0.3) is 0 Å². The Morgan fingerprint density at radius 1 is 1.33 bits per heavy atom. The number of halogens is 4. The predicted molar refractivity (Wildman–Crippen MR) is 85.7 cm³/mol. The number of hydrogen-bond donors (Lipinski definition) is 0. The molecule has 0 fully saturated rings. The van der Waals surface area contributed by atoms with E-state index < -0.39 is 49.4 Å². The summed E-state index contributed by atoms with van der Waals surface area (Å²) in [6.45, 7) is 11.9. The van der Waals surface area contributed by atoms with Crippen LogP contribution in [0.3, 0.4) is 0 Å². The summed E-state index contributed by atoms with van der Waals surface area (Å²) in [5.41, 5.74) is -0.834. The van der Waals surface area contributed by atoms with Crippen LogP contribution < -0.4 is 0 Å². The van der Waals surface area contributed by atoms with E-state index in [0.29, 0.717) is 0 Å². The second-order valence-corrected chi connectivity index (χ2v) is 11.9. The van der Waals surface area contributed by atoms with Crippen LogP contribution in [0.4, 0.5) is 17.6 Å². The number of ketones is 1. The van der Waals surface area contributed by atoms with Gasteiger partial charge in [0.15, 0.2) is 19.9 Å². The molecule has 1 rings (SSSR count). The van der Waals surface area contributed by atoms with Gasteiger partial charge in [-0.15, -0.1) is 0 Å². The number of pyridine rings is 1. The molecule has 3 nitrogen and oxygen atoms in total. The molecule has 1 heterocycles. The summed E-state index contributed by atoms with van der Waals surface area (Å²) < 4.78 is 59.8. The fraction of sp³-hybridized carbons (Fsp3) is 0.562. The SMILES string of the molecule is [CH2]C(=O)c1ccnc(CC(O[Si](C)(C)C(C)(C)C)C(F)(F)F)c1F. The third-order valence-corrected chi connectivity index (χ3v) is 8.73. The summed E-state index contributed by atoms with van der Waals surface area (Å²) >= 11 is 0. The zero-order valence-corrected chi connectivity index (χ0v) is 15.4. The Balaban J connectivity index is 3.18. The second-order valence-electron chi connectivity index (χ2n) is 7.15. The maximum atomic E-state index is 14.2. The van der Waals surface area contributed by atoms with E-state index in [4.69, 9.17) is 4.43 Å². The Hall–Kier alpha value is -1.28. The first-order chi connectivity index (χ1) is 10.7. The lowest BCUT2D eigenvalue weighted by Crippen LogP contribution is -2.49. The highest BCUT2D eigenvalue weighted by atomic mass is 28.4. The van der Waals surface area contributed by atoms with Gasteiger partial charge in [-0.3, -0.25) is 9.78 Å². The van der Waals surface area contributed by atoms with Gasteiger partial charge in [-0.1, -0.05) is 20.8 Å². The molecule has 1 radical (unpaired) electrons. The zero-order valence-electron chi connectivity index (χ0n) is 14.4. The summed E-state index contributed by atoms with van der Waals surface area (Å²) in [6, 6.07) is 1.09. The van der Waals surface area contributed by atoms with Crippen molar-refractivity contribution in [1.82, 2.24) is 4.98 Å². The normalized spacial score (nSPS) is 14.6. The van der Waals surface area contributed by atoms with E-state index in [2.05, 4.69) is 11.9 Å². The largest absolute Gasteiger partial charge is 0.413 e. The highest BCUT2D eigenvalue weighted by molar-refractivity contribution is 6.74. The molecule has 0 aliphatic rings. The molecule has 0 spiro atoms. The summed E-state index contributed by atoms with van der Waals surface area (Å²) in [5, 5.41) is -0.437. The van der Waals surface area contributed by atoms with Crippen molar-refractivity contribution in [2.45, 2.75) is 57.6 Å². The average Bonchev–Trinajstić information content (AvgIpc) is 2.37. The van der Waals surface area contributed by atoms with Crippen LogP contribution in [0.25, 0.3) is 0 Å². The minimum Gasteiger partial charge on any atom is -0.405 e. The van der Waals surface area contributed by atoms with E-state index >= 15 is 0 Å². The molecule has 0 aromatic carbocycles. The number of Topliss-reactive ketones (excluding diaryl/α,β-unsaturated/α-hetero) is 1. The molecule has 0 bridgehead atoms. The van der Waals surface area contributed by atoms with E-state index in [1.165, 1.54) is 0 Å². The maximum Gasteiger partial charge on any atom is 0.413 e. The maximum absolute atomic E-state index is 14.2. The van der Waals surface area contributed by atoms with Crippen molar-refractivity contribution in [2.75, 3.05) is 0 Å². The molecule has 8 heteroatoms. The quantitative estimate of drug-likeness (QED) is 0.431. The van der Waals surface area contributed by atoms with Crippen molar-refractivity contribution in [3.05, 3.63) is 36.3 Å². The van der Waals surface area contributed by atoms with E-state index in [-0.39, 0.29) is 5.56 Å². The number of nitrogens with zero attached hydrogens (tertiary/aromatic N) is 1. The summed E-state index contributed by atoms with van der Waals surface area (Å²) in [7, 11) is -2.73. The first-order valence-corrected chi connectivity index (χ1v) is 10.3. The molecule has 0 aliphatic carbocycles. The lowest BCUT2D eigenvalue weighted by molar-refractivity contribution is -0.198. The van der Waals surface area contributed by atoms with Gasteiger partial charge in [-0.05, 0) is 24.2 Å². The van der Waals surface area contributed by atoms with E-state index in [1.807, 2.05) is 20.8 Å². The van der Waals surface area contributed by atoms with Crippen LogP contribution in [0, 0.1) is 12.7 Å². The lowest BCUT2D eigenvalue weighted by atomic mass is 10.1. The van der Waals surface area contributed by atoms with Crippen LogP contribution >= 0.6 is 0 Å². The number of hydrogen-bond acceptors (Lipinski definition) is 3. The molecule has 1 atom stereocenters. The highest BCUT2D eigenvalue weighted by Crippen LogP contribution is 2.40. The van der Waals surface area contributed by atoms with Crippen LogP contribution in [-0.4, -0.2) is 31.4 Å². The molecule has 0 N–H and O–H groups in total. The smallest absolute Gasteiger partial charge is 0.405 e. The van der Waals surface area contributed by atoms with Crippen molar-refractivity contribution in [3.8, 4) is 0 Å². The fourth-order valence-electron chi connectivity index (χ4n) is 1.78. The van der Waals surface area contributed by atoms with Gasteiger partial charge in [0, 0.05) is 19.5 Å². The third kappa shape index (κ3) is 4.86. The van der Waals surface area contributed by atoms with Gasteiger partial charge in [-0.2, -0.15) is 13.2 Å². The molecular weight excluding hydrogens is 342 g/mol. The molecule has 24 heavy (non-hydrogen) atoms. The molecule has 1 unspecified atom stereocenters. The Bertz CT molecular complexity index is 609. The van der Waals surface area contributed by atoms with Gasteiger partial charge in [0.2, 0.25) is 0 Å². The average molecular weight is 364 g/mol. The lowest BCUT2D eigenvalue weighted by Gasteiger charge is -2.39. The van der Waals surface area contributed by atoms with Gasteiger partial charge in [-0.25, -0.2) is 4.39 Å². The predicted octanol–water partition coefficient (Wildman–Crippen LogP) is 4.73. The molecule has 0 aliphatic heterocycles. The summed E-state index contributed by atoms with van der Waals surface area (Å²) in [6.07, 6.45) is -6.55. The fourth-order valence-corrected chi connectivity index (χ4v) is 3.06. The molecule has 1 aromatic heterocycles. The standard InChI is InChI=1S/C16H22F4NO2Si/c1-10(22)11-7-8-21-12(14(11)17)9-13(16(18,19)20)23-24(5,6)15(2,3)4/h7-8,13H,1,9H2,2-6H3. The van der Waals surface area contributed by atoms with Gasteiger partial charge in [0.1, 0.15) is 6.10 Å². The van der Waals surface area contributed by atoms with Crippen LogP contribution in [-0.2, 0) is 10.8 Å². The van der Waals surface area contributed by atoms with E-state index in [9.17, 15) is 22.4 Å². The van der Waals surface area contributed by atoms with Crippen molar-refractivity contribution >= 4 is 14.1 Å². The third-order valence-electron chi connectivity index (χ3n) is 4.25. The monoisotopic (exact) mass is 364 g/mol. The minimum absolute atomic E-state index is 0.381. The first kappa shape index (κ1) is 20.8. The Morgan fingerprint density at radius 2 is 1.88 bits per heavy atom. The Labute approximate surface area is 140 Å². The van der Waals surface area contributed by atoms with Crippen LogP contribution in [0.1, 0.15) is 36.8 Å².